The standard InChI is InChI=1S/C24H35N5O3/c1-16-14-26-29(5)21(16)18-12-13-19(25-15-18)27-22(30)20(17-10-8-6-7-9-11-17)28-23(31)32-24(2,3)4/h12-15,17,20H,6-11H2,1-5H3,(H,28,31)(H,25,27,30)/t20-/m0/s1. The lowest BCUT2D eigenvalue weighted by atomic mass is 9.91. The Labute approximate surface area is 190 Å². The molecule has 3 rings (SSSR count). The predicted octanol–water partition coefficient (Wildman–Crippen LogP) is 4.59. The van der Waals surface area contributed by atoms with Crippen molar-refractivity contribution < 1.29 is 14.3 Å². The first kappa shape index (κ1) is 23.8. The van der Waals surface area contributed by atoms with Gasteiger partial charge in [-0.25, -0.2) is 9.78 Å². The van der Waals surface area contributed by atoms with E-state index in [-0.39, 0.29) is 11.8 Å². The van der Waals surface area contributed by atoms with E-state index in [1.54, 1.807) is 16.9 Å². The molecule has 2 heterocycles. The van der Waals surface area contributed by atoms with Crippen molar-refractivity contribution in [2.75, 3.05) is 5.32 Å². The van der Waals surface area contributed by atoms with Gasteiger partial charge in [-0.15, -0.1) is 0 Å². The van der Waals surface area contributed by atoms with Crippen molar-refractivity contribution in [2.45, 2.75) is 77.9 Å². The fraction of sp³-hybridized carbons (Fsp3) is 0.583. The van der Waals surface area contributed by atoms with Gasteiger partial charge in [0.15, 0.2) is 0 Å². The van der Waals surface area contributed by atoms with Gasteiger partial charge in [-0.3, -0.25) is 9.48 Å². The van der Waals surface area contributed by atoms with Gasteiger partial charge >= 0.3 is 6.09 Å². The van der Waals surface area contributed by atoms with Gasteiger partial charge in [0.1, 0.15) is 17.5 Å². The summed E-state index contributed by atoms with van der Waals surface area (Å²) < 4.78 is 7.22. The highest BCUT2D eigenvalue weighted by Crippen LogP contribution is 2.27. The molecule has 32 heavy (non-hydrogen) atoms. The summed E-state index contributed by atoms with van der Waals surface area (Å²) in [5.41, 5.74) is 2.34. The molecule has 0 aromatic carbocycles. The molecule has 0 radical (unpaired) electrons. The Morgan fingerprint density at radius 3 is 2.34 bits per heavy atom. The Kier molecular flexibility index (Phi) is 7.53. The average molecular weight is 442 g/mol. The van der Waals surface area contributed by atoms with Crippen molar-refractivity contribution in [3.8, 4) is 11.3 Å². The van der Waals surface area contributed by atoms with Gasteiger partial charge in [0, 0.05) is 18.8 Å². The van der Waals surface area contributed by atoms with Gasteiger partial charge in [0.05, 0.1) is 11.9 Å². The number of carbonyl (C=O) groups is 2. The Morgan fingerprint density at radius 2 is 1.81 bits per heavy atom. The Morgan fingerprint density at radius 1 is 1.12 bits per heavy atom. The van der Waals surface area contributed by atoms with Gasteiger partial charge < -0.3 is 15.4 Å². The third-order valence-electron chi connectivity index (χ3n) is 5.74. The number of hydrogen-bond donors (Lipinski definition) is 2. The number of nitrogens with zero attached hydrogens (tertiary/aromatic N) is 3. The van der Waals surface area contributed by atoms with Crippen LogP contribution in [0.4, 0.5) is 10.6 Å². The number of alkyl carbamates (subject to hydrolysis) is 1. The largest absolute Gasteiger partial charge is 0.444 e. The molecule has 0 unspecified atom stereocenters. The van der Waals surface area contributed by atoms with E-state index < -0.39 is 17.7 Å². The number of nitrogens with one attached hydrogen (secondary N) is 2. The molecule has 2 amide bonds. The highest BCUT2D eigenvalue weighted by molar-refractivity contribution is 5.96. The molecule has 0 aliphatic heterocycles. The molecule has 0 spiro atoms. The first-order valence-corrected chi connectivity index (χ1v) is 11.4. The smallest absolute Gasteiger partial charge is 0.408 e. The second kappa shape index (κ2) is 10.1. The van der Waals surface area contributed by atoms with E-state index in [1.165, 1.54) is 0 Å². The zero-order valence-corrected chi connectivity index (χ0v) is 19.8. The van der Waals surface area contributed by atoms with E-state index in [0.29, 0.717) is 5.82 Å². The molecule has 1 fully saturated rings. The molecule has 2 aromatic heterocycles. The van der Waals surface area contributed by atoms with Crippen LogP contribution in [0.1, 0.15) is 64.9 Å². The van der Waals surface area contributed by atoms with E-state index in [9.17, 15) is 9.59 Å². The maximum atomic E-state index is 13.2. The van der Waals surface area contributed by atoms with E-state index in [1.807, 2.05) is 47.0 Å². The summed E-state index contributed by atoms with van der Waals surface area (Å²) in [5.74, 6) is 0.254. The van der Waals surface area contributed by atoms with E-state index in [0.717, 1.165) is 55.3 Å². The fourth-order valence-electron chi connectivity index (χ4n) is 4.25. The van der Waals surface area contributed by atoms with Crippen LogP contribution in [0, 0.1) is 12.8 Å². The van der Waals surface area contributed by atoms with Crippen LogP contribution in [0.3, 0.4) is 0 Å². The van der Waals surface area contributed by atoms with Crippen LogP contribution < -0.4 is 10.6 Å². The molecule has 0 saturated heterocycles. The summed E-state index contributed by atoms with van der Waals surface area (Å²) in [6.45, 7) is 7.42. The van der Waals surface area contributed by atoms with Gasteiger partial charge in [-0.1, -0.05) is 25.7 Å². The first-order chi connectivity index (χ1) is 15.1. The maximum absolute atomic E-state index is 13.2. The molecule has 174 valence electrons. The fourth-order valence-corrected chi connectivity index (χ4v) is 4.25. The number of rotatable bonds is 5. The van der Waals surface area contributed by atoms with Crippen molar-refractivity contribution in [1.29, 1.82) is 0 Å². The van der Waals surface area contributed by atoms with Crippen LogP contribution in [0.15, 0.2) is 24.5 Å². The minimum atomic E-state index is -0.663. The molecule has 1 aliphatic carbocycles. The summed E-state index contributed by atoms with van der Waals surface area (Å²) in [6, 6.07) is 3.02. The summed E-state index contributed by atoms with van der Waals surface area (Å²) in [4.78, 5) is 30.1. The van der Waals surface area contributed by atoms with Gasteiger partial charge in [0.25, 0.3) is 0 Å². The summed E-state index contributed by atoms with van der Waals surface area (Å²) in [5, 5.41) is 9.98. The summed E-state index contributed by atoms with van der Waals surface area (Å²) in [6.07, 6.45) is 9.20. The third kappa shape index (κ3) is 6.31. The lowest BCUT2D eigenvalue weighted by molar-refractivity contribution is -0.119. The Hall–Kier alpha value is -2.90. The van der Waals surface area contributed by atoms with Crippen molar-refractivity contribution in [3.05, 3.63) is 30.1 Å². The third-order valence-corrected chi connectivity index (χ3v) is 5.74. The lowest BCUT2D eigenvalue weighted by Crippen LogP contribution is -2.50. The van der Waals surface area contributed by atoms with E-state index in [4.69, 9.17) is 4.74 Å². The van der Waals surface area contributed by atoms with Crippen molar-refractivity contribution in [3.63, 3.8) is 0 Å². The van der Waals surface area contributed by atoms with Crippen molar-refractivity contribution >= 4 is 17.8 Å². The SMILES string of the molecule is Cc1cnn(C)c1-c1ccc(NC(=O)[C@@H](NC(=O)OC(C)(C)C)C2CCCCCC2)nc1. The number of carbonyl (C=O) groups excluding carboxylic acids is 2. The van der Waals surface area contributed by atoms with E-state index >= 15 is 0 Å². The number of anilines is 1. The molecule has 2 aromatic rings. The predicted molar refractivity (Wildman–Crippen MR) is 124 cm³/mol. The summed E-state index contributed by atoms with van der Waals surface area (Å²) in [7, 11) is 1.89. The van der Waals surface area contributed by atoms with Crippen LogP contribution in [0.2, 0.25) is 0 Å². The van der Waals surface area contributed by atoms with E-state index in [2.05, 4.69) is 20.7 Å². The van der Waals surface area contributed by atoms with Crippen molar-refractivity contribution in [1.82, 2.24) is 20.1 Å². The highest BCUT2D eigenvalue weighted by atomic mass is 16.6. The summed E-state index contributed by atoms with van der Waals surface area (Å²) >= 11 is 0. The van der Waals surface area contributed by atoms with Gasteiger partial charge in [-0.05, 0) is 64.2 Å². The topological polar surface area (TPSA) is 98.1 Å². The monoisotopic (exact) mass is 441 g/mol. The first-order valence-electron chi connectivity index (χ1n) is 11.4. The van der Waals surface area contributed by atoms with Crippen LogP contribution in [0.25, 0.3) is 11.3 Å². The number of pyridine rings is 1. The Balaban J connectivity index is 1.74. The molecule has 1 atom stereocenters. The van der Waals surface area contributed by atoms with Crippen LogP contribution in [-0.4, -0.2) is 38.4 Å². The number of aromatic nitrogens is 3. The maximum Gasteiger partial charge on any atom is 0.408 e. The van der Waals surface area contributed by atoms with Crippen LogP contribution in [-0.2, 0) is 16.6 Å². The Bertz CT molecular complexity index is 903. The number of aryl methyl sites for hydroxylation is 2. The zero-order chi connectivity index (χ0) is 23.3. The lowest BCUT2D eigenvalue weighted by Gasteiger charge is -2.28. The minimum absolute atomic E-state index is 0.0707. The molecular formula is C24H35N5O3. The number of hydrogen-bond acceptors (Lipinski definition) is 5. The molecular weight excluding hydrogens is 406 g/mol. The minimum Gasteiger partial charge on any atom is -0.444 e. The molecule has 8 nitrogen and oxygen atoms in total. The molecule has 1 saturated carbocycles. The molecule has 1 aliphatic rings. The van der Waals surface area contributed by atoms with Gasteiger partial charge in [-0.2, -0.15) is 5.10 Å². The highest BCUT2D eigenvalue weighted by Gasteiger charge is 2.32. The number of amides is 2. The quantitative estimate of drug-likeness (QED) is 0.661. The van der Waals surface area contributed by atoms with Crippen LogP contribution in [0.5, 0.6) is 0 Å². The van der Waals surface area contributed by atoms with Crippen molar-refractivity contribution in [2.24, 2.45) is 13.0 Å². The second-order valence-corrected chi connectivity index (χ2v) is 9.60. The van der Waals surface area contributed by atoms with Gasteiger partial charge in [0.2, 0.25) is 5.91 Å². The number of ether oxygens (including phenoxy) is 1. The average Bonchev–Trinajstić information content (AvgIpc) is 2.91. The molecule has 8 heteroatoms. The second-order valence-electron chi connectivity index (χ2n) is 9.60. The normalized spacial score (nSPS) is 16.2. The van der Waals surface area contributed by atoms with Crippen LogP contribution >= 0.6 is 0 Å². The molecule has 2 N–H and O–H groups in total. The zero-order valence-electron chi connectivity index (χ0n) is 19.8. The molecule has 0 bridgehead atoms.